The van der Waals surface area contributed by atoms with Gasteiger partial charge in [0.1, 0.15) is 11.4 Å². The first-order chi connectivity index (χ1) is 25.2. The van der Waals surface area contributed by atoms with Gasteiger partial charge in [-0.25, -0.2) is 4.21 Å². The highest BCUT2D eigenvalue weighted by molar-refractivity contribution is 7.99. The average molecular weight is 766 g/mol. The number of anilines is 1. The minimum atomic E-state index is -2.96. The Balaban J connectivity index is 1.30. The Morgan fingerprint density at radius 3 is 2.64 bits per heavy atom. The van der Waals surface area contributed by atoms with Gasteiger partial charge in [-0.05, 0) is 131 Å². The van der Waals surface area contributed by atoms with Gasteiger partial charge < -0.3 is 14.4 Å². The number of carbonyl (C=O) groups excluding carboxylic acids is 1. The molecule has 2 aromatic carbocycles. The number of likely N-dealkylation sites (N-methyl/N-ethyl adjacent to an activating group) is 1. The molecule has 1 saturated heterocycles. The first-order valence-corrected chi connectivity index (χ1v) is 22.1. The number of allylic oxidation sites excluding steroid dienone is 1. The van der Waals surface area contributed by atoms with Crippen molar-refractivity contribution in [3.63, 3.8) is 0 Å². The molecule has 8 nitrogen and oxygen atoms in total. The van der Waals surface area contributed by atoms with Gasteiger partial charge in [0.2, 0.25) is 0 Å². The summed E-state index contributed by atoms with van der Waals surface area (Å²) in [7, 11) is -1.06. The van der Waals surface area contributed by atoms with Crippen LogP contribution in [0, 0.1) is 17.8 Å². The molecule has 7 rings (SSSR count). The molecule has 10 heteroatoms. The molecule has 1 amide bonds. The van der Waals surface area contributed by atoms with Crippen molar-refractivity contribution >= 4 is 38.8 Å². The van der Waals surface area contributed by atoms with Crippen molar-refractivity contribution in [2.45, 2.75) is 94.9 Å². The molecular formula is C43H61ClN4O4S. The van der Waals surface area contributed by atoms with E-state index in [1.165, 1.54) is 11.1 Å². The normalized spacial score (nSPS) is 35.6. The Hall–Kier alpha value is -2.56. The number of rotatable bonds is 4. The van der Waals surface area contributed by atoms with Crippen LogP contribution in [0.4, 0.5) is 5.69 Å². The summed E-state index contributed by atoms with van der Waals surface area (Å²) in [6.07, 6.45) is 10.6. The fourth-order valence-electron chi connectivity index (χ4n) is 10.3. The molecule has 2 aliphatic carbocycles. The lowest BCUT2D eigenvalue weighted by molar-refractivity contribution is -0.104. The van der Waals surface area contributed by atoms with Crippen molar-refractivity contribution in [3.05, 3.63) is 70.3 Å². The van der Waals surface area contributed by atoms with Crippen LogP contribution in [0.2, 0.25) is 5.02 Å². The van der Waals surface area contributed by atoms with Crippen LogP contribution in [0.3, 0.4) is 0 Å². The van der Waals surface area contributed by atoms with E-state index in [-0.39, 0.29) is 28.0 Å². The maximum atomic E-state index is 14.1. The van der Waals surface area contributed by atoms with Crippen molar-refractivity contribution < 1.29 is 18.5 Å². The predicted octanol–water partition coefficient (Wildman–Crippen LogP) is 6.99. The first kappa shape index (κ1) is 38.7. The molecule has 3 heterocycles. The monoisotopic (exact) mass is 764 g/mol. The number of nitrogens with zero attached hydrogens (tertiary/aromatic N) is 3. The molecule has 2 fully saturated rings. The van der Waals surface area contributed by atoms with Crippen LogP contribution in [0.5, 0.6) is 5.75 Å². The number of halogens is 1. The minimum absolute atomic E-state index is 0.0311. The molecule has 5 aliphatic rings. The summed E-state index contributed by atoms with van der Waals surface area (Å²) in [5.41, 5.74) is 3.38. The summed E-state index contributed by atoms with van der Waals surface area (Å²) in [4.78, 5) is 21.5. The lowest BCUT2D eigenvalue weighted by Crippen LogP contribution is -2.63. The molecule has 53 heavy (non-hydrogen) atoms. The average Bonchev–Trinajstić information content (AvgIpc) is 3.25. The Bertz CT molecular complexity index is 1830. The number of hydrogen-bond donors (Lipinski definition) is 1. The number of methoxy groups -OCH3 is 1. The van der Waals surface area contributed by atoms with E-state index in [0.29, 0.717) is 24.0 Å². The standard InChI is InChI=1S/C43H61ClN4O4S/c1-8-48-22-21-46(26-41(48,4)5)28-43(51-6)20-9-11-30(2)31(3)53(7,50)45-40(49)33-14-18-39-38(24-33)47(25-34-13-16-37(34)43)27-42(29-52-39)19-10-12-32-23-35(44)15-17-36(32)42/h9,14-15,17-18,20,23-24,30-31,34,37H,7-8,10-13,16,19,21-22,25-29H2,1-6H3,(H,45,49,50)/b20-9+/t30?,31?,34?,37?,42-,43-,53?/m0/s1. The number of benzene rings is 2. The molecule has 3 aliphatic heterocycles. The second kappa shape index (κ2) is 14.8. The van der Waals surface area contributed by atoms with Crippen molar-refractivity contribution in [3.8, 4) is 5.75 Å². The number of fused-ring (bicyclic) bond motifs is 4. The maximum absolute atomic E-state index is 14.1. The van der Waals surface area contributed by atoms with E-state index in [1.807, 2.05) is 32.2 Å². The Labute approximate surface area is 323 Å². The van der Waals surface area contributed by atoms with Gasteiger partial charge >= 0.3 is 0 Å². The molecular weight excluding hydrogens is 704 g/mol. The zero-order valence-corrected chi connectivity index (χ0v) is 34.4. The number of nitrogens with one attached hydrogen (secondary N) is 1. The maximum Gasteiger partial charge on any atom is 0.262 e. The summed E-state index contributed by atoms with van der Waals surface area (Å²) >= 11 is 6.53. The molecule has 1 saturated carbocycles. The summed E-state index contributed by atoms with van der Waals surface area (Å²) in [6, 6.07) is 12.1. The van der Waals surface area contributed by atoms with E-state index < -0.39 is 15.3 Å². The van der Waals surface area contributed by atoms with Gasteiger partial charge in [-0.2, -0.15) is 0 Å². The number of piperazine rings is 1. The summed E-state index contributed by atoms with van der Waals surface area (Å²) in [5.74, 6) is 5.22. The number of aryl methyl sites for hydroxylation is 1. The van der Waals surface area contributed by atoms with Gasteiger partial charge in [-0.15, -0.1) is 0 Å². The largest absolute Gasteiger partial charge is 0.490 e. The molecule has 1 spiro atoms. The molecule has 1 N–H and O–H groups in total. The number of carbonyl (C=O) groups is 1. The fourth-order valence-corrected chi connectivity index (χ4v) is 11.9. The minimum Gasteiger partial charge on any atom is -0.490 e. The second-order valence-corrected chi connectivity index (χ2v) is 20.3. The first-order valence-electron chi connectivity index (χ1n) is 19.9. The summed E-state index contributed by atoms with van der Waals surface area (Å²) in [5, 5.41) is 0.437. The zero-order valence-electron chi connectivity index (χ0n) is 32.8. The van der Waals surface area contributed by atoms with E-state index >= 15 is 0 Å². The van der Waals surface area contributed by atoms with Crippen LogP contribution in [0.15, 0.2) is 48.6 Å². The lowest BCUT2D eigenvalue weighted by Gasteiger charge is -2.54. The molecule has 2 bridgehead atoms. The highest BCUT2D eigenvalue weighted by Crippen LogP contribution is 2.49. The molecule has 290 valence electrons. The van der Waals surface area contributed by atoms with E-state index in [0.717, 1.165) is 101 Å². The third-order valence-corrected chi connectivity index (χ3v) is 16.2. The third kappa shape index (κ3) is 7.42. The van der Waals surface area contributed by atoms with E-state index in [2.05, 4.69) is 77.3 Å². The molecule has 0 aromatic heterocycles. The zero-order chi connectivity index (χ0) is 37.8. The number of ether oxygens (including phenoxy) is 2. The van der Waals surface area contributed by atoms with Crippen LogP contribution in [0.1, 0.15) is 88.2 Å². The third-order valence-electron chi connectivity index (χ3n) is 13.8. The van der Waals surface area contributed by atoms with Gasteiger partial charge in [0.25, 0.3) is 5.91 Å². The van der Waals surface area contributed by atoms with Crippen LogP contribution >= 0.6 is 11.6 Å². The van der Waals surface area contributed by atoms with Gasteiger partial charge in [0.15, 0.2) is 0 Å². The number of amides is 1. The van der Waals surface area contributed by atoms with Crippen molar-refractivity contribution in [1.82, 2.24) is 14.5 Å². The van der Waals surface area contributed by atoms with Gasteiger partial charge in [-0.1, -0.05) is 43.7 Å². The van der Waals surface area contributed by atoms with Crippen molar-refractivity contribution in [1.29, 1.82) is 0 Å². The Kier molecular flexibility index (Phi) is 10.8. The second-order valence-electron chi connectivity index (χ2n) is 17.5. The van der Waals surface area contributed by atoms with Gasteiger partial charge in [0, 0.05) is 73.2 Å². The number of hydrogen-bond acceptors (Lipinski definition) is 7. The van der Waals surface area contributed by atoms with Crippen LogP contribution in [0.25, 0.3) is 0 Å². The van der Waals surface area contributed by atoms with Crippen molar-refractivity contribution in [2.75, 3.05) is 64.4 Å². The highest BCUT2D eigenvalue weighted by Gasteiger charge is 2.50. The Morgan fingerprint density at radius 1 is 1.11 bits per heavy atom. The smallest absolute Gasteiger partial charge is 0.262 e. The van der Waals surface area contributed by atoms with E-state index in [4.69, 9.17) is 21.1 Å². The SMILES string of the molecule is C=S1(=O)NC(=O)c2ccc3c(c2)N(CC2CCC2[C@](CN2CCN(CC)C(C)(C)C2)(OC)/C=C/CC(C)C1C)C[C@@]1(CCCc2cc(Cl)ccc21)CO3. The summed E-state index contributed by atoms with van der Waals surface area (Å²) < 4.78 is 30.5. The highest BCUT2D eigenvalue weighted by atomic mass is 35.5. The molecule has 7 atom stereocenters. The van der Waals surface area contributed by atoms with Gasteiger partial charge in [-0.3, -0.25) is 19.3 Å². The van der Waals surface area contributed by atoms with E-state index in [1.54, 1.807) is 6.07 Å². The topological polar surface area (TPSA) is 74.4 Å². The molecule has 0 radical (unpaired) electrons. The van der Waals surface area contributed by atoms with E-state index in [9.17, 15) is 9.00 Å². The quantitative estimate of drug-likeness (QED) is 0.266. The van der Waals surface area contributed by atoms with Crippen LogP contribution in [-0.4, -0.2) is 102 Å². The predicted molar refractivity (Wildman–Crippen MR) is 219 cm³/mol. The Morgan fingerprint density at radius 2 is 1.92 bits per heavy atom. The fraction of sp³-hybridized carbons (Fsp3) is 0.628. The summed E-state index contributed by atoms with van der Waals surface area (Å²) in [6.45, 7) is 18.1. The van der Waals surface area contributed by atoms with Crippen LogP contribution in [-0.2, 0) is 26.3 Å². The van der Waals surface area contributed by atoms with Crippen LogP contribution < -0.4 is 14.4 Å². The molecule has 2 aromatic rings. The molecule has 5 unspecified atom stereocenters. The van der Waals surface area contributed by atoms with Crippen molar-refractivity contribution in [2.24, 2.45) is 17.8 Å². The lowest BCUT2D eigenvalue weighted by atomic mass is 9.63. The van der Waals surface area contributed by atoms with Gasteiger partial charge in [0.05, 0.1) is 22.0 Å².